The number of thioether (sulfide) groups is 1. The van der Waals surface area contributed by atoms with Crippen LogP contribution in [-0.2, 0) is 0 Å². The molecule has 0 aromatic carbocycles. The Morgan fingerprint density at radius 2 is 2.43 bits per heavy atom. The number of aryl methyl sites for hydroxylation is 1. The van der Waals surface area contributed by atoms with Crippen molar-refractivity contribution in [2.24, 2.45) is 0 Å². The van der Waals surface area contributed by atoms with E-state index >= 15 is 0 Å². The van der Waals surface area contributed by atoms with Crippen molar-refractivity contribution in [1.29, 1.82) is 0 Å². The van der Waals surface area contributed by atoms with Gasteiger partial charge in [-0.05, 0) is 37.1 Å². The first-order valence-electron chi connectivity index (χ1n) is 5.06. The third-order valence-electron chi connectivity index (χ3n) is 2.60. The minimum atomic E-state index is 0.460. The first-order valence-corrected chi connectivity index (χ1v) is 6.01. The Labute approximate surface area is 89.5 Å². The minimum Gasteiger partial charge on any atom is -0.302 e. The first-order chi connectivity index (χ1) is 6.77. The van der Waals surface area contributed by atoms with Crippen LogP contribution in [-0.4, -0.2) is 16.8 Å². The van der Waals surface area contributed by atoms with E-state index in [0.29, 0.717) is 5.37 Å². The Morgan fingerprint density at radius 1 is 1.57 bits per heavy atom. The van der Waals surface area contributed by atoms with Gasteiger partial charge in [0.1, 0.15) is 0 Å². The first kappa shape index (κ1) is 9.99. The topological polar surface area (TPSA) is 24.9 Å². The highest BCUT2D eigenvalue weighted by Gasteiger charge is 2.21. The number of nitrogens with one attached hydrogen (secondary N) is 1. The smallest absolute Gasteiger partial charge is 0.0795 e. The van der Waals surface area contributed by atoms with E-state index < -0.39 is 0 Å². The number of pyridine rings is 1. The van der Waals surface area contributed by atoms with Crippen molar-refractivity contribution in [3.63, 3.8) is 0 Å². The van der Waals surface area contributed by atoms with Crippen molar-refractivity contribution < 1.29 is 0 Å². The molecule has 0 spiro atoms. The van der Waals surface area contributed by atoms with Crippen LogP contribution in [0.2, 0.25) is 0 Å². The molecule has 0 bridgehead atoms. The lowest BCUT2D eigenvalue weighted by molar-refractivity contribution is 0.603. The molecule has 2 nitrogen and oxygen atoms in total. The van der Waals surface area contributed by atoms with Gasteiger partial charge >= 0.3 is 0 Å². The van der Waals surface area contributed by atoms with Crippen molar-refractivity contribution >= 4 is 11.8 Å². The summed E-state index contributed by atoms with van der Waals surface area (Å²) in [5.74, 6) is 0. The van der Waals surface area contributed by atoms with Crippen LogP contribution in [0, 0.1) is 6.92 Å². The van der Waals surface area contributed by atoms with Crippen LogP contribution in [0.25, 0.3) is 0 Å². The summed E-state index contributed by atoms with van der Waals surface area (Å²) in [6, 6.07) is 2.12. The van der Waals surface area contributed by atoms with E-state index in [1.165, 1.54) is 17.5 Å². The zero-order chi connectivity index (χ0) is 9.97. The van der Waals surface area contributed by atoms with Crippen LogP contribution in [0.15, 0.2) is 18.5 Å². The van der Waals surface area contributed by atoms with E-state index in [1.54, 1.807) is 0 Å². The third kappa shape index (κ3) is 2.10. The van der Waals surface area contributed by atoms with Gasteiger partial charge in [-0.2, -0.15) is 0 Å². The number of nitrogens with zero attached hydrogens (tertiary/aromatic N) is 1. The Balaban J connectivity index is 2.18. The molecule has 14 heavy (non-hydrogen) atoms. The maximum absolute atomic E-state index is 4.12. The summed E-state index contributed by atoms with van der Waals surface area (Å²) in [5, 5.41) is 4.76. The van der Waals surface area contributed by atoms with Crippen molar-refractivity contribution in [3.8, 4) is 0 Å². The van der Waals surface area contributed by atoms with Gasteiger partial charge in [0.25, 0.3) is 0 Å². The molecular formula is C11H16N2S. The molecule has 2 atom stereocenters. The molecule has 1 aliphatic rings. The second kappa shape index (κ2) is 4.32. The van der Waals surface area contributed by atoms with E-state index in [0.717, 1.165) is 11.8 Å². The van der Waals surface area contributed by atoms with Crippen LogP contribution < -0.4 is 5.32 Å². The molecule has 0 radical (unpaired) electrons. The Bertz CT molecular complexity index is 314. The van der Waals surface area contributed by atoms with Crippen molar-refractivity contribution in [3.05, 3.63) is 29.6 Å². The highest BCUT2D eigenvalue weighted by atomic mass is 32.2. The molecule has 1 N–H and O–H groups in total. The quantitative estimate of drug-likeness (QED) is 0.767. The van der Waals surface area contributed by atoms with Gasteiger partial charge in [-0.3, -0.25) is 4.98 Å². The molecule has 0 amide bonds. The summed E-state index contributed by atoms with van der Waals surface area (Å²) in [5.41, 5.74) is 2.67. The molecule has 3 heteroatoms. The fourth-order valence-electron chi connectivity index (χ4n) is 1.73. The van der Waals surface area contributed by atoms with Gasteiger partial charge in [0.15, 0.2) is 0 Å². The maximum atomic E-state index is 4.12. The zero-order valence-corrected chi connectivity index (χ0v) is 9.47. The number of rotatable bonds is 1. The van der Waals surface area contributed by atoms with Gasteiger partial charge in [0, 0.05) is 17.6 Å². The van der Waals surface area contributed by atoms with Crippen molar-refractivity contribution in [1.82, 2.24) is 10.3 Å². The van der Waals surface area contributed by atoms with E-state index in [-0.39, 0.29) is 0 Å². The lowest BCUT2D eigenvalue weighted by Crippen LogP contribution is -2.29. The Kier molecular flexibility index (Phi) is 3.08. The summed E-state index contributed by atoms with van der Waals surface area (Å²) in [6.45, 7) is 5.56. The van der Waals surface area contributed by atoms with E-state index in [4.69, 9.17) is 0 Å². The largest absolute Gasteiger partial charge is 0.302 e. The summed E-state index contributed by atoms with van der Waals surface area (Å²) < 4.78 is 0. The molecule has 1 aromatic heterocycles. The van der Waals surface area contributed by atoms with Gasteiger partial charge < -0.3 is 5.32 Å². The lowest BCUT2D eigenvalue weighted by Gasteiger charge is -2.28. The van der Waals surface area contributed by atoms with Crippen LogP contribution in [0.5, 0.6) is 0 Å². The molecule has 1 aliphatic heterocycles. The maximum Gasteiger partial charge on any atom is 0.0795 e. The summed E-state index contributed by atoms with van der Waals surface area (Å²) >= 11 is 2.01. The van der Waals surface area contributed by atoms with Gasteiger partial charge in [-0.25, -0.2) is 0 Å². The Morgan fingerprint density at radius 3 is 3.14 bits per heavy atom. The van der Waals surface area contributed by atoms with Gasteiger partial charge in [-0.15, -0.1) is 11.8 Å². The van der Waals surface area contributed by atoms with Crippen LogP contribution in [0.4, 0.5) is 0 Å². The van der Waals surface area contributed by atoms with E-state index in [1.807, 2.05) is 24.2 Å². The molecule has 1 saturated heterocycles. The average Bonchev–Trinajstić information content (AvgIpc) is 2.18. The molecule has 76 valence electrons. The van der Waals surface area contributed by atoms with Crippen LogP contribution in [0.1, 0.15) is 29.8 Å². The van der Waals surface area contributed by atoms with Gasteiger partial charge in [0.2, 0.25) is 0 Å². The number of aromatic nitrogens is 1. The van der Waals surface area contributed by atoms with Gasteiger partial charge in [-0.1, -0.05) is 6.92 Å². The molecule has 1 fully saturated rings. The number of hydrogen-bond acceptors (Lipinski definition) is 3. The molecule has 2 heterocycles. The second-order valence-electron chi connectivity index (χ2n) is 3.80. The van der Waals surface area contributed by atoms with Gasteiger partial charge in [0.05, 0.1) is 5.37 Å². The fourth-order valence-corrected chi connectivity index (χ4v) is 3.07. The molecule has 0 aliphatic carbocycles. The number of hydrogen-bond donors (Lipinski definition) is 1. The van der Waals surface area contributed by atoms with Crippen LogP contribution in [0.3, 0.4) is 0 Å². The standard InChI is InChI=1S/C11H16N2S/c1-8-7-12-5-4-10(8)11-13-6-3-9(2)14-11/h4-5,7,9,11,13H,3,6H2,1-2H3. The Hall–Kier alpha value is -0.540. The molecule has 2 rings (SSSR count). The molecule has 0 saturated carbocycles. The summed E-state index contributed by atoms with van der Waals surface area (Å²) in [4.78, 5) is 4.12. The molecule has 1 aromatic rings. The normalized spacial score (nSPS) is 27.6. The highest BCUT2D eigenvalue weighted by Crippen LogP contribution is 2.35. The summed E-state index contributed by atoms with van der Waals surface area (Å²) in [6.07, 6.45) is 5.09. The predicted molar refractivity (Wildman–Crippen MR) is 61.4 cm³/mol. The zero-order valence-electron chi connectivity index (χ0n) is 8.66. The summed E-state index contributed by atoms with van der Waals surface area (Å²) in [7, 11) is 0. The SMILES string of the molecule is Cc1cnccc1C1NCCC(C)S1. The predicted octanol–water partition coefficient (Wildman–Crippen LogP) is 2.50. The average molecular weight is 208 g/mol. The van der Waals surface area contributed by atoms with E-state index in [2.05, 4.69) is 30.2 Å². The minimum absolute atomic E-state index is 0.460. The lowest BCUT2D eigenvalue weighted by atomic mass is 10.1. The second-order valence-corrected chi connectivity index (χ2v) is 5.35. The third-order valence-corrected chi connectivity index (χ3v) is 3.99. The highest BCUT2D eigenvalue weighted by molar-refractivity contribution is 8.00. The van der Waals surface area contributed by atoms with E-state index in [9.17, 15) is 0 Å². The molecule has 2 unspecified atom stereocenters. The fraction of sp³-hybridized carbons (Fsp3) is 0.545. The van der Waals surface area contributed by atoms with Crippen LogP contribution >= 0.6 is 11.8 Å². The molecular weight excluding hydrogens is 192 g/mol. The monoisotopic (exact) mass is 208 g/mol. The van der Waals surface area contributed by atoms with Crippen molar-refractivity contribution in [2.75, 3.05) is 6.54 Å². The van der Waals surface area contributed by atoms with Crippen molar-refractivity contribution in [2.45, 2.75) is 30.9 Å².